The van der Waals surface area contributed by atoms with E-state index >= 15 is 0 Å². The lowest BCUT2D eigenvalue weighted by atomic mass is 9.67. The minimum Gasteiger partial charge on any atom is -0.294 e. The number of alkyl halides is 3. The molecule has 0 heterocycles. The molecule has 180 valence electrons. The lowest BCUT2D eigenvalue weighted by Gasteiger charge is -2.35. The number of carbonyl (C=O) groups is 1. The fourth-order valence-corrected chi connectivity index (χ4v) is 5.29. The zero-order valence-corrected chi connectivity index (χ0v) is 20.9. The van der Waals surface area contributed by atoms with E-state index in [-0.39, 0.29) is 11.2 Å². The fourth-order valence-electron chi connectivity index (χ4n) is 5.29. The highest BCUT2D eigenvalue weighted by Gasteiger charge is 2.38. The molecule has 0 saturated carbocycles. The first-order chi connectivity index (χ1) is 15.7. The highest BCUT2D eigenvalue weighted by Crippen LogP contribution is 2.47. The maximum Gasteiger partial charge on any atom is 0.416 e. The van der Waals surface area contributed by atoms with E-state index in [9.17, 15) is 18.0 Å². The van der Waals surface area contributed by atoms with Gasteiger partial charge in [-0.2, -0.15) is 13.2 Å². The standard InChI is InChI=1S/C30H33F3O/c1-8-9-10-24-19(3)11-12-20(4)26(24)28(27-21(5)16-29(6,7)17-25(27)34)22-13-18(2)14-23(15-22)30(31,32)33/h8-15,28H,1,16-17H2,2-7H3/b10-9-. The van der Waals surface area contributed by atoms with Crippen LogP contribution in [0.4, 0.5) is 13.2 Å². The molecule has 2 aromatic carbocycles. The number of Topliss-reactive ketones (excluding diaryl/α,β-unsaturated/α-hetero) is 1. The Morgan fingerprint density at radius 3 is 2.24 bits per heavy atom. The SMILES string of the molecule is C=C/C=C\c1c(C)ccc(C)c1C(C1=C(C)CC(C)(C)CC1=O)c1cc(C)cc(C(F)(F)F)c1. The predicted molar refractivity (Wildman–Crippen MR) is 134 cm³/mol. The van der Waals surface area contributed by atoms with Gasteiger partial charge in [-0.25, -0.2) is 0 Å². The quantitative estimate of drug-likeness (QED) is 0.403. The molecule has 2 aromatic rings. The second-order valence-corrected chi connectivity index (χ2v) is 10.3. The summed E-state index contributed by atoms with van der Waals surface area (Å²) < 4.78 is 41.4. The van der Waals surface area contributed by atoms with Gasteiger partial charge in [-0.1, -0.05) is 68.0 Å². The third-order valence-electron chi connectivity index (χ3n) is 6.60. The molecule has 1 aliphatic rings. The van der Waals surface area contributed by atoms with Crippen LogP contribution in [0.2, 0.25) is 0 Å². The molecular formula is C30H33F3O. The van der Waals surface area contributed by atoms with Crippen LogP contribution in [-0.4, -0.2) is 5.78 Å². The second kappa shape index (κ2) is 9.40. The molecule has 0 aromatic heterocycles. The van der Waals surface area contributed by atoms with Crippen molar-refractivity contribution in [3.05, 3.63) is 99.2 Å². The van der Waals surface area contributed by atoms with Gasteiger partial charge in [-0.3, -0.25) is 4.79 Å². The van der Waals surface area contributed by atoms with E-state index in [1.165, 1.54) is 6.07 Å². The number of halogens is 3. The van der Waals surface area contributed by atoms with Crippen molar-refractivity contribution < 1.29 is 18.0 Å². The lowest BCUT2D eigenvalue weighted by Crippen LogP contribution is -2.29. The molecule has 1 aliphatic carbocycles. The number of hydrogen-bond acceptors (Lipinski definition) is 1. The van der Waals surface area contributed by atoms with Crippen LogP contribution in [0, 0.1) is 26.2 Å². The van der Waals surface area contributed by atoms with Gasteiger partial charge >= 0.3 is 6.18 Å². The highest BCUT2D eigenvalue weighted by molar-refractivity contribution is 6.00. The van der Waals surface area contributed by atoms with Gasteiger partial charge in [-0.05, 0) is 79.5 Å². The van der Waals surface area contributed by atoms with Gasteiger partial charge in [0, 0.05) is 17.9 Å². The molecule has 1 nitrogen and oxygen atoms in total. The summed E-state index contributed by atoms with van der Waals surface area (Å²) in [6.45, 7) is 15.4. The molecule has 0 radical (unpaired) electrons. The van der Waals surface area contributed by atoms with Crippen molar-refractivity contribution in [2.24, 2.45) is 5.41 Å². The first-order valence-corrected chi connectivity index (χ1v) is 11.6. The van der Waals surface area contributed by atoms with Crippen LogP contribution in [0.1, 0.15) is 78.5 Å². The van der Waals surface area contributed by atoms with Crippen LogP contribution in [0.3, 0.4) is 0 Å². The summed E-state index contributed by atoms with van der Waals surface area (Å²) >= 11 is 0. The van der Waals surface area contributed by atoms with Crippen LogP contribution < -0.4 is 0 Å². The van der Waals surface area contributed by atoms with Gasteiger partial charge in [0.15, 0.2) is 5.78 Å². The molecule has 0 N–H and O–H groups in total. The van der Waals surface area contributed by atoms with Crippen molar-refractivity contribution in [2.75, 3.05) is 0 Å². The Labute approximate surface area is 201 Å². The van der Waals surface area contributed by atoms with Crippen LogP contribution in [0.5, 0.6) is 0 Å². The Bertz CT molecular complexity index is 1190. The number of aryl methyl sites for hydroxylation is 3. The van der Waals surface area contributed by atoms with E-state index in [2.05, 4.69) is 20.4 Å². The number of carbonyl (C=O) groups excluding carboxylic acids is 1. The molecule has 34 heavy (non-hydrogen) atoms. The van der Waals surface area contributed by atoms with Gasteiger partial charge in [0.25, 0.3) is 0 Å². The topological polar surface area (TPSA) is 17.1 Å². The van der Waals surface area contributed by atoms with E-state index in [1.807, 2.05) is 45.1 Å². The smallest absolute Gasteiger partial charge is 0.294 e. The Morgan fingerprint density at radius 2 is 1.65 bits per heavy atom. The monoisotopic (exact) mass is 466 g/mol. The first-order valence-electron chi connectivity index (χ1n) is 11.6. The Morgan fingerprint density at radius 1 is 1.00 bits per heavy atom. The van der Waals surface area contributed by atoms with E-state index in [1.54, 1.807) is 19.1 Å². The van der Waals surface area contributed by atoms with Gasteiger partial charge in [0.1, 0.15) is 0 Å². The van der Waals surface area contributed by atoms with Crippen LogP contribution in [-0.2, 0) is 11.0 Å². The number of rotatable bonds is 5. The molecule has 0 aliphatic heterocycles. The van der Waals surface area contributed by atoms with Crippen LogP contribution in [0.15, 0.2) is 60.2 Å². The maximum atomic E-state index is 13.8. The summed E-state index contributed by atoms with van der Waals surface area (Å²) in [5.74, 6) is -0.581. The summed E-state index contributed by atoms with van der Waals surface area (Å²) in [6.07, 6.45) is 2.06. The minimum atomic E-state index is -4.47. The van der Waals surface area contributed by atoms with Crippen molar-refractivity contribution in [3.63, 3.8) is 0 Å². The van der Waals surface area contributed by atoms with Crippen molar-refractivity contribution in [1.82, 2.24) is 0 Å². The third kappa shape index (κ3) is 5.27. The van der Waals surface area contributed by atoms with Gasteiger partial charge < -0.3 is 0 Å². The van der Waals surface area contributed by atoms with E-state index in [4.69, 9.17) is 0 Å². The average Bonchev–Trinajstić information content (AvgIpc) is 2.70. The Hall–Kier alpha value is -2.88. The molecule has 0 fully saturated rings. The maximum absolute atomic E-state index is 13.8. The van der Waals surface area contributed by atoms with Crippen molar-refractivity contribution in [3.8, 4) is 0 Å². The second-order valence-electron chi connectivity index (χ2n) is 10.3. The van der Waals surface area contributed by atoms with Crippen molar-refractivity contribution in [1.29, 1.82) is 0 Å². The Kier molecular flexibility index (Phi) is 7.12. The summed E-state index contributed by atoms with van der Waals surface area (Å²) in [5, 5.41) is 0. The lowest BCUT2D eigenvalue weighted by molar-refractivity contribution is -0.137. The molecule has 0 amide bonds. The number of benzene rings is 2. The molecule has 4 heteroatoms. The van der Waals surface area contributed by atoms with Crippen molar-refractivity contribution in [2.45, 2.75) is 66.5 Å². The zero-order chi connectivity index (χ0) is 25.4. The van der Waals surface area contributed by atoms with E-state index in [0.717, 1.165) is 40.3 Å². The first kappa shape index (κ1) is 25.7. The molecular weight excluding hydrogens is 433 g/mol. The minimum absolute atomic E-state index is 0.00775. The molecule has 0 spiro atoms. The van der Waals surface area contributed by atoms with Gasteiger partial charge in [-0.15, -0.1) is 0 Å². The summed E-state index contributed by atoms with van der Waals surface area (Å²) in [4.78, 5) is 13.6. The summed E-state index contributed by atoms with van der Waals surface area (Å²) in [7, 11) is 0. The largest absolute Gasteiger partial charge is 0.416 e. The van der Waals surface area contributed by atoms with Crippen LogP contribution >= 0.6 is 0 Å². The predicted octanol–water partition coefficient (Wildman–Crippen LogP) is 8.67. The normalized spacial score (nSPS) is 17.4. The molecule has 1 unspecified atom stereocenters. The molecule has 1 atom stereocenters. The van der Waals surface area contributed by atoms with Gasteiger partial charge in [0.2, 0.25) is 0 Å². The average molecular weight is 467 g/mol. The molecule has 3 rings (SSSR count). The number of allylic oxidation sites excluding steroid dienone is 4. The van der Waals surface area contributed by atoms with Gasteiger partial charge in [0.05, 0.1) is 5.56 Å². The highest BCUT2D eigenvalue weighted by atomic mass is 19.4. The Balaban J connectivity index is 2.44. The third-order valence-corrected chi connectivity index (χ3v) is 6.60. The zero-order valence-electron chi connectivity index (χ0n) is 20.9. The summed E-state index contributed by atoms with van der Waals surface area (Å²) in [6, 6.07) is 8.15. The van der Waals surface area contributed by atoms with Crippen LogP contribution in [0.25, 0.3) is 6.08 Å². The molecule has 0 bridgehead atoms. The fraction of sp³-hybridized carbons (Fsp3) is 0.367. The number of hydrogen-bond donors (Lipinski definition) is 0. The van der Waals surface area contributed by atoms with E-state index < -0.39 is 17.7 Å². The van der Waals surface area contributed by atoms with E-state index in [0.29, 0.717) is 23.1 Å². The summed E-state index contributed by atoms with van der Waals surface area (Å²) in [5.41, 5.74) is 5.44. The number of ketones is 1. The van der Waals surface area contributed by atoms with Crippen molar-refractivity contribution >= 4 is 11.9 Å². The molecule has 0 saturated heterocycles.